The maximum Gasteiger partial charge on any atom is 0.255 e. The van der Waals surface area contributed by atoms with Crippen LogP contribution < -0.4 is 14.5 Å². The van der Waals surface area contributed by atoms with Gasteiger partial charge < -0.3 is 15.0 Å². The molecule has 7 nitrogen and oxygen atoms in total. The number of amides is 1. The topological polar surface area (TPSA) is 79.0 Å². The molecule has 2 saturated heterocycles. The number of benzene rings is 2. The zero-order valence-electron chi connectivity index (χ0n) is 16.2. The Kier molecular flexibility index (Phi) is 5.73. The molecule has 2 aliphatic rings. The summed E-state index contributed by atoms with van der Waals surface area (Å²) in [5.41, 5.74) is 2.66. The number of anilines is 3. The van der Waals surface area contributed by atoms with Crippen molar-refractivity contribution < 1.29 is 17.9 Å². The number of sulfonamides is 1. The van der Waals surface area contributed by atoms with Crippen molar-refractivity contribution in [2.45, 2.75) is 12.8 Å². The molecule has 8 heteroatoms. The van der Waals surface area contributed by atoms with Gasteiger partial charge in [-0.15, -0.1) is 0 Å². The molecule has 2 fully saturated rings. The molecule has 29 heavy (non-hydrogen) atoms. The van der Waals surface area contributed by atoms with Crippen molar-refractivity contribution in [3.8, 4) is 0 Å². The smallest absolute Gasteiger partial charge is 0.255 e. The zero-order valence-corrected chi connectivity index (χ0v) is 17.0. The van der Waals surface area contributed by atoms with Crippen LogP contribution in [0, 0.1) is 0 Å². The van der Waals surface area contributed by atoms with E-state index in [0.29, 0.717) is 37.4 Å². The lowest BCUT2D eigenvalue weighted by atomic mass is 10.1. The van der Waals surface area contributed by atoms with Crippen molar-refractivity contribution >= 4 is 33.0 Å². The number of ether oxygens (including phenoxy) is 1. The number of carbonyl (C=O) groups excluding carboxylic acids is 1. The van der Waals surface area contributed by atoms with Crippen molar-refractivity contribution in [3.63, 3.8) is 0 Å². The summed E-state index contributed by atoms with van der Waals surface area (Å²) in [6.07, 6.45) is 1.50. The van der Waals surface area contributed by atoms with Gasteiger partial charge in [0.1, 0.15) is 0 Å². The summed E-state index contributed by atoms with van der Waals surface area (Å²) in [6.45, 7) is 3.32. The third-order valence-corrected chi connectivity index (χ3v) is 7.12. The Morgan fingerprint density at radius 3 is 2.55 bits per heavy atom. The van der Waals surface area contributed by atoms with Crippen LogP contribution in [0.4, 0.5) is 17.1 Å². The third kappa shape index (κ3) is 4.38. The molecule has 0 bridgehead atoms. The predicted octanol–water partition coefficient (Wildman–Crippen LogP) is 2.71. The maximum absolute atomic E-state index is 12.9. The third-order valence-electron chi connectivity index (χ3n) is 5.25. The summed E-state index contributed by atoms with van der Waals surface area (Å²) in [5.74, 6) is -0.113. The minimum atomic E-state index is -3.32. The molecule has 0 radical (unpaired) electrons. The first kappa shape index (κ1) is 19.7. The molecule has 1 amide bonds. The van der Waals surface area contributed by atoms with Gasteiger partial charge in [0.15, 0.2) is 0 Å². The molecule has 2 aliphatic heterocycles. The molecular formula is C21H25N3O4S. The second kappa shape index (κ2) is 8.42. The van der Waals surface area contributed by atoms with E-state index in [0.717, 1.165) is 30.9 Å². The number of hydrogen-bond acceptors (Lipinski definition) is 5. The Hall–Kier alpha value is -2.58. The molecule has 4 rings (SSSR count). The van der Waals surface area contributed by atoms with Crippen LogP contribution in [0.2, 0.25) is 0 Å². The minimum Gasteiger partial charge on any atom is -0.378 e. The van der Waals surface area contributed by atoms with Gasteiger partial charge in [-0.1, -0.05) is 18.2 Å². The number of nitrogens with one attached hydrogen (secondary N) is 1. The molecule has 2 aromatic rings. The summed E-state index contributed by atoms with van der Waals surface area (Å²) in [7, 11) is -3.32. The maximum atomic E-state index is 12.9. The number of morpholine rings is 1. The van der Waals surface area contributed by atoms with Crippen LogP contribution in [0.25, 0.3) is 0 Å². The lowest BCUT2D eigenvalue weighted by molar-refractivity contribution is 0.102. The summed E-state index contributed by atoms with van der Waals surface area (Å²) in [4.78, 5) is 15.1. The normalized spacial score (nSPS) is 19.0. The lowest BCUT2D eigenvalue weighted by Gasteiger charge is -2.30. The van der Waals surface area contributed by atoms with Crippen LogP contribution in [0.1, 0.15) is 23.2 Å². The fourth-order valence-electron chi connectivity index (χ4n) is 3.73. The van der Waals surface area contributed by atoms with Gasteiger partial charge in [-0.05, 0) is 43.2 Å². The minimum absolute atomic E-state index is 0.149. The molecule has 154 valence electrons. The van der Waals surface area contributed by atoms with Gasteiger partial charge in [0.05, 0.1) is 36.0 Å². The first-order chi connectivity index (χ1) is 14.0. The summed E-state index contributed by atoms with van der Waals surface area (Å²) >= 11 is 0. The van der Waals surface area contributed by atoms with E-state index in [1.54, 1.807) is 24.3 Å². The van der Waals surface area contributed by atoms with Gasteiger partial charge in [0, 0.05) is 25.2 Å². The zero-order chi connectivity index (χ0) is 20.3. The van der Waals surface area contributed by atoms with Crippen LogP contribution in [0.15, 0.2) is 48.5 Å². The Balaban J connectivity index is 1.56. The van der Waals surface area contributed by atoms with Gasteiger partial charge in [0.2, 0.25) is 10.0 Å². The first-order valence-corrected chi connectivity index (χ1v) is 11.5. The monoisotopic (exact) mass is 415 g/mol. The summed E-state index contributed by atoms with van der Waals surface area (Å²) in [6, 6.07) is 14.5. The highest BCUT2D eigenvalue weighted by molar-refractivity contribution is 7.92. The molecule has 0 unspecified atom stereocenters. The SMILES string of the molecule is O=C(Nc1ccccc1N1CCOCC1)c1cccc(N2CCCCS2(=O)=O)c1. The van der Waals surface area contributed by atoms with Crippen molar-refractivity contribution in [2.24, 2.45) is 0 Å². The van der Waals surface area contributed by atoms with Crippen molar-refractivity contribution in [2.75, 3.05) is 53.1 Å². The van der Waals surface area contributed by atoms with Crippen molar-refractivity contribution in [1.82, 2.24) is 0 Å². The standard InChI is InChI=1S/C21H25N3O4S/c25-21(22-19-8-1-2-9-20(19)23-11-13-28-14-12-23)17-6-5-7-18(16-17)24-10-3-4-15-29(24,26)27/h1-2,5-9,16H,3-4,10-15H2,(H,22,25). The number of nitrogens with zero attached hydrogens (tertiary/aromatic N) is 2. The van der Waals surface area contributed by atoms with E-state index in [1.165, 1.54) is 4.31 Å². The average molecular weight is 416 g/mol. The lowest BCUT2D eigenvalue weighted by Crippen LogP contribution is -2.38. The Morgan fingerprint density at radius 2 is 1.76 bits per heavy atom. The highest BCUT2D eigenvalue weighted by atomic mass is 32.2. The van der Waals surface area contributed by atoms with Crippen LogP contribution in [0.5, 0.6) is 0 Å². The Bertz CT molecular complexity index is 987. The van der Waals surface area contributed by atoms with E-state index in [9.17, 15) is 13.2 Å². The largest absolute Gasteiger partial charge is 0.378 e. The molecule has 0 aromatic heterocycles. The highest BCUT2D eigenvalue weighted by Gasteiger charge is 2.26. The Morgan fingerprint density at radius 1 is 0.966 bits per heavy atom. The fraction of sp³-hybridized carbons (Fsp3) is 0.381. The molecule has 0 saturated carbocycles. The van der Waals surface area contributed by atoms with E-state index in [4.69, 9.17) is 4.74 Å². The summed E-state index contributed by atoms with van der Waals surface area (Å²) < 4.78 is 31.6. The van der Waals surface area contributed by atoms with E-state index in [1.807, 2.05) is 24.3 Å². The highest BCUT2D eigenvalue weighted by Crippen LogP contribution is 2.28. The molecule has 1 N–H and O–H groups in total. The van der Waals surface area contributed by atoms with Crippen molar-refractivity contribution in [3.05, 3.63) is 54.1 Å². The van der Waals surface area contributed by atoms with Crippen LogP contribution in [0.3, 0.4) is 0 Å². The average Bonchev–Trinajstić information content (AvgIpc) is 2.74. The van der Waals surface area contributed by atoms with Gasteiger partial charge in [-0.25, -0.2) is 8.42 Å². The number of para-hydroxylation sites is 2. The predicted molar refractivity (Wildman–Crippen MR) is 114 cm³/mol. The number of carbonyl (C=O) groups is 1. The van der Waals surface area contributed by atoms with Crippen LogP contribution >= 0.6 is 0 Å². The van der Waals surface area contributed by atoms with Crippen LogP contribution in [-0.4, -0.2) is 52.9 Å². The molecule has 0 aliphatic carbocycles. The van der Waals surface area contributed by atoms with Gasteiger partial charge >= 0.3 is 0 Å². The molecule has 0 spiro atoms. The van der Waals surface area contributed by atoms with E-state index in [-0.39, 0.29) is 11.7 Å². The molecule has 2 aromatic carbocycles. The van der Waals surface area contributed by atoms with E-state index in [2.05, 4.69) is 10.2 Å². The number of hydrogen-bond donors (Lipinski definition) is 1. The quantitative estimate of drug-likeness (QED) is 0.831. The van der Waals surface area contributed by atoms with E-state index >= 15 is 0 Å². The summed E-state index contributed by atoms with van der Waals surface area (Å²) in [5, 5.41) is 2.99. The second-order valence-corrected chi connectivity index (χ2v) is 9.23. The van der Waals surface area contributed by atoms with Gasteiger partial charge in [-0.3, -0.25) is 9.10 Å². The molecule has 0 atom stereocenters. The first-order valence-electron chi connectivity index (χ1n) is 9.88. The number of rotatable bonds is 4. The second-order valence-electron chi connectivity index (χ2n) is 7.22. The van der Waals surface area contributed by atoms with Gasteiger partial charge in [-0.2, -0.15) is 0 Å². The van der Waals surface area contributed by atoms with Crippen molar-refractivity contribution in [1.29, 1.82) is 0 Å². The fourth-order valence-corrected chi connectivity index (χ4v) is 5.37. The van der Waals surface area contributed by atoms with Gasteiger partial charge in [0.25, 0.3) is 5.91 Å². The molecular weight excluding hydrogens is 390 g/mol. The van der Waals surface area contributed by atoms with E-state index < -0.39 is 10.0 Å². The Labute approximate surface area is 171 Å². The molecule has 2 heterocycles. The van der Waals surface area contributed by atoms with Crippen LogP contribution in [-0.2, 0) is 14.8 Å².